The predicted octanol–water partition coefficient (Wildman–Crippen LogP) is 4.51. The number of pyridine rings is 1. The lowest BCUT2D eigenvalue weighted by Crippen LogP contribution is -2.08. The first kappa shape index (κ1) is 12.9. The fourth-order valence-electron chi connectivity index (χ4n) is 2.76. The Balaban J connectivity index is 1.76. The normalized spacial score (nSPS) is 18.5. The lowest BCUT2D eigenvalue weighted by molar-refractivity contribution is 0.475. The van der Waals surface area contributed by atoms with E-state index in [1.165, 1.54) is 43.4 Å². The number of hydrogen-bond acceptors (Lipinski definition) is 1. The molecule has 1 nitrogen and oxygen atoms in total. The van der Waals surface area contributed by atoms with Gasteiger partial charge in [0.05, 0.1) is 0 Å². The van der Waals surface area contributed by atoms with Gasteiger partial charge in [0.1, 0.15) is 0 Å². The molecule has 1 aromatic heterocycles. The lowest BCUT2D eigenvalue weighted by atomic mass is 9.98. The second-order valence-corrected chi connectivity index (χ2v) is 5.91. The van der Waals surface area contributed by atoms with Crippen LogP contribution in [0.1, 0.15) is 49.8 Å². The fraction of sp³-hybridized carbons (Fsp3) is 0.667. The zero-order valence-corrected chi connectivity index (χ0v) is 11.4. The highest BCUT2D eigenvalue weighted by Crippen LogP contribution is 2.30. The largest absolute Gasteiger partial charge is 0.261 e. The Hall–Kier alpha value is -0.560. The van der Waals surface area contributed by atoms with Crippen LogP contribution in [0.25, 0.3) is 0 Å². The first-order valence-corrected chi connectivity index (χ1v) is 7.24. The third-order valence-electron chi connectivity index (χ3n) is 3.90. The van der Waals surface area contributed by atoms with Crippen molar-refractivity contribution < 1.29 is 0 Å². The van der Waals surface area contributed by atoms with E-state index in [9.17, 15) is 0 Å². The summed E-state index contributed by atoms with van der Waals surface area (Å²) in [6, 6.07) is 4.10. The van der Waals surface area contributed by atoms with Crippen LogP contribution in [-0.2, 0) is 6.42 Å². The molecule has 1 aliphatic rings. The molecule has 0 saturated heterocycles. The second kappa shape index (κ2) is 6.39. The molecule has 1 fully saturated rings. The summed E-state index contributed by atoms with van der Waals surface area (Å²) in [4.78, 5) is 4.41. The summed E-state index contributed by atoms with van der Waals surface area (Å²) in [5.41, 5.74) is 2.43. The number of nitrogens with zero attached hydrogens (tertiary/aromatic N) is 1. The molecule has 2 rings (SSSR count). The summed E-state index contributed by atoms with van der Waals surface area (Å²) in [5, 5.41) is 0.254. The molecule has 1 atom stereocenters. The molecule has 0 aliphatic heterocycles. The molecule has 1 heterocycles. The van der Waals surface area contributed by atoms with Crippen LogP contribution in [0.2, 0.25) is 0 Å². The third-order valence-corrected chi connectivity index (χ3v) is 4.27. The molecule has 0 N–H and O–H groups in total. The van der Waals surface area contributed by atoms with Crippen molar-refractivity contribution in [3.05, 3.63) is 29.6 Å². The number of alkyl halides is 1. The minimum atomic E-state index is 0.254. The molecule has 1 aromatic rings. The third kappa shape index (κ3) is 3.99. The Bertz CT molecular complexity index is 345. The van der Waals surface area contributed by atoms with Crippen molar-refractivity contribution in [3.8, 4) is 0 Å². The molecule has 1 unspecified atom stereocenters. The van der Waals surface area contributed by atoms with Crippen LogP contribution in [0, 0.1) is 12.8 Å². The Morgan fingerprint density at radius 3 is 2.88 bits per heavy atom. The van der Waals surface area contributed by atoms with Gasteiger partial charge in [-0.3, -0.25) is 4.98 Å². The van der Waals surface area contributed by atoms with Crippen LogP contribution >= 0.6 is 11.6 Å². The minimum Gasteiger partial charge on any atom is -0.261 e. The summed E-state index contributed by atoms with van der Waals surface area (Å²) in [5.74, 6) is 0.945. The Morgan fingerprint density at radius 2 is 2.18 bits per heavy atom. The summed E-state index contributed by atoms with van der Waals surface area (Å²) in [6.07, 6.45) is 10.9. The number of aryl methyl sites for hydroxylation is 1. The quantitative estimate of drug-likeness (QED) is 0.702. The van der Waals surface area contributed by atoms with Crippen molar-refractivity contribution in [1.82, 2.24) is 4.98 Å². The van der Waals surface area contributed by atoms with E-state index in [1.54, 1.807) is 0 Å². The monoisotopic (exact) mass is 251 g/mol. The predicted molar refractivity (Wildman–Crippen MR) is 73.5 cm³/mol. The molecular weight excluding hydrogens is 230 g/mol. The van der Waals surface area contributed by atoms with E-state index in [1.807, 2.05) is 12.3 Å². The molecule has 0 aromatic carbocycles. The molecule has 1 aliphatic carbocycles. The van der Waals surface area contributed by atoms with E-state index in [-0.39, 0.29) is 5.38 Å². The molecule has 0 radical (unpaired) electrons. The van der Waals surface area contributed by atoms with E-state index in [0.29, 0.717) is 0 Å². The summed E-state index contributed by atoms with van der Waals surface area (Å²) >= 11 is 6.43. The van der Waals surface area contributed by atoms with Crippen molar-refractivity contribution in [3.63, 3.8) is 0 Å². The van der Waals surface area contributed by atoms with Gasteiger partial charge in [0, 0.05) is 23.7 Å². The van der Waals surface area contributed by atoms with Crippen LogP contribution in [0.5, 0.6) is 0 Å². The summed E-state index contributed by atoms with van der Waals surface area (Å²) < 4.78 is 0. The molecule has 0 amide bonds. The van der Waals surface area contributed by atoms with Crippen LogP contribution in [0.15, 0.2) is 18.3 Å². The Kier molecular flexibility index (Phi) is 4.85. The highest BCUT2D eigenvalue weighted by atomic mass is 35.5. The molecular formula is C15H22ClN. The smallest absolute Gasteiger partial charge is 0.0447 e. The van der Waals surface area contributed by atoms with Gasteiger partial charge in [-0.2, -0.15) is 0 Å². The van der Waals surface area contributed by atoms with Gasteiger partial charge in [-0.15, -0.1) is 11.6 Å². The van der Waals surface area contributed by atoms with Crippen LogP contribution in [0.4, 0.5) is 0 Å². The first-order valence-electron chi connectivity index (χ1n) is 6.80. The molecule has 2 heteroatoms. The molecule has 17 heavy (non-hydrogen) atoms. The standard InChI is InChI=1S/C15H22ClN/c1-12-5-4-10-17-15(12)11-14(16)9-8-13-6-2-3-7-13/h4-5,10,13-14H,2-3,6-9,11H2,1H3. The van der Waals surface area contributed by atoms with Crippen LogP contribution in [-0.4, -0.2) is 10.4 Å². The van der Waals surface area contributed by atoms with E-state index in [4.69, 9.17) is 11.6 Å². The zero-order valence-electron chi connectivity index (χ0n) is 10.7. The van der Waals surface area contributed by atoms with Gasteiger partial charge in [-0.1, -0.05) is 31.7 Å². The van der Waals surface area contributed by atoms with Gasteiger partial charge < -0.3 is 0 Å². The number of aromatic nitrogens is 1. The van der Waals surface area contributed by atoms with Gasteiger partial charge in [-0.25, -0.2) is 0 Å². The summed E-state index contributed by atoms with van der Waals surface area (Å²) in [6.45, 7) is 2.11. The van der Waals surface area contributed by atoms with Gasteiger partial charge in [0.25, 0.3) is 0 Å². The summed E-state index contributed by atoms with van der Waals surface area (Å²) in [7, 11) is 0. The second-order valence-electron chi connectivity index (χ2n) is 5.30. The van der Waals surface area contributed by atoms with Crippen molar-refractivity contribution in [2.24, 2.45) is 5.92 Å². The first-order chi connectivity index (χ1) is 8.25. The molecule has 94 valence electrons. The van der Waals surface area contributed by atoms with Crippen LogP contribution < -0.4 is 0 Å². The highest BCUT2D eigenvalue weighted by Gasteiger charge is 2.17. The lowest BCUT2D eigenvalue weighted by Gasteiger charge is -2.13. The molecule has 0 spiro atoms. The van der Waals surface area contributed by atoms with Crippen molar-refractivity contribution in [2.75, 3.05) is 0 Å². The zero-order chi connectivity index (χ0) is 12.1. The van der Waals surface area contributed by atoms with E-state index >= 15 is 0 Å². The maximum Gasteiger partial charge on any atom is 0.0447 e. The number of hydrogen-bond donors (Lipinski definition) is 0. The van der Waals surface area contributed by atoms with E-state index in [2.05, 4.69) is 18.0 Å². The number of halogens is 1. The Labute approximate surface area is 110 Å². The van der Waals surface area contributed by atoms with E-state index < -0.39 is 0 Å². The van der Waals surface area contributed by atoms with Crippen molar-refractivity contribution in [2.45, 2.75) is 57.2 Å². The van der Waals surface area contributed by atoms with Gasteiger partial charge in [-0.05, 0) is 37.3 Å². The highest BCUT2D eigenvalue weighted by molar-refractivity contribution is 6.20. The van der Waals surface area contributed by atoms with Gasteiger partial charge >= 0.3 is 0 Å². The van der Waals surface area contributed by atoms with E-state index in [0.717, 1.165) is 18.8 Å². The van der Waals surface area contributed by atoms with Gasteiger partial charge in [0.2, 0.25) is 0 Å². The van der Waals surface area contributed by atoms with Crippen molar-refractivity contribution in [1.29, 1.82) is 0 Å². The molecule has 0 bridgehead atoms. The maximum atomic E-state index is 6.43. The maximum absolute atomic E-state index is 6.43. The minimum absolute atomic E-state index is 0.254. The Morgan fingerprint density at radius 1 is 1.41 bits per heavy atom. The molecule has 1 saturated carbocycles. The topological polar surface area (TPSA) is 12.9 Å². The average Bonchev–Trinajstić information content (AvgIpc) is 2.82. The van der Waals surface area contributed by atoms with Crippen LogP contribution in [0.3, 0.4) is 0 Å². The number of rotatable bonds is 5. The van der Waals surface area contributed by atoms with Crippen molar-refractivity contribution >= 4 is 11.6 Å². The fourth-order valence-corrected chi connectivity index (χ4v) is 3.03. The average molecular weight is 252 g/mol. The SMILES string of the molecule is Cc1cccnc1CC(Cl)CCC1CCCC1. The van der Waals surface area contributed by atoms with Gasteiger partial charge in [0.15, 0.2) is 0 Å².